The van der Waals surface area contributed by atoms with E-state index in [-0.39, 0.29) is 0 Å². The molecule has 0 aliphatic rings. The van der Waals surface area contributed by atoms with E-state index < -0.39 is 5.97 Å². The maximum atomic E-state index is 11.8. The average molecular weight is 262 g/mol. The molecule has 18 heavy (non-hydrogen) atoms. The van der Waals surface area contributed by atoms with Crippen LogP contribution in [-0.2, 0) is 4.74 Å². The summed E-state index contributed by atoms with van der Waals surface area (Å²) in [4.78, 5) is 15.9. The van der Waals surface area contributed by atoms with Crippen LogP contribution in [0.2, 0.25) is 5.15 Å². The summed E-state index contributed by atoms with van der Waals surface area (Å²) in [5, 5.41) is 0.360. The molecule has 92 valence electrons. The van der Waals surface area contributed by atoms with Crippen LogP contribution in [0.4, 0.5) is 0 Å². The van der Waals surface area contributed by atoms with Gasteiger partial charge in [-0.1, -0.05) is 41.9 Å². The minimum absolute atomic E-state index is 0.360. The molecule has 0 fully saturated rings. The van der Waals surface area contributed by atoms with Crippen molar-refractivity contribution in [3.8, 4) is 11.1 Å². The van der Waals surface area contributed by atoms with Gasteiger partial charge in [-0.3, -0.25) is 0 Å². The summed E-state index contributed by atoms with van der Waals surface area (Å²) in [6.45, 7) is 1.74. The second-order valence-corrected chi connectivity index (χ2v) is 4.20. The van der Waals surface area contributed by atoms with Crippen molar-refractivity contribution in [3.63, 3.8) is 0 Å². The number of carbonyl (C=O) groups excluding carboxylic acids is 1. The van der Waals surface area contributed by atoms with Gasteiger partial charge < -0.3 is 4.74 Å². The molecule has 0 amide bonds. The number of nitrogens with zero attached hydrogens (tertiary/aromatic N) is 1. The normalized spacial score (nSPS) is 10.2. The van der Waals surface area contributed by atoms with Crippen molar-refractivity contribution >= 4 is 17.6 Å². The fourth-order valence-corrected chi connectivity index (χ4v) is 2.08. The molecule has 1 aromatic heterocycles. The fraction of sp³-hybridized carbons (Fsp3) is 0.143. The SMILES string of the molecule is COC(=O)c1c(-c2ccccc2)cc(Cl)nc1C. The molecule has 0 aliphatic carbocycles. The Morgan fingerprint density at radius 2 is 1.94 bits per heavy atom. The number of benzene rings is 1. The van der Waals surface area contributed by atoms with Gasteiger partial charge in [0.2, 0.25) is 0 Å². The lowest BCUT2D eigenvalue weighted by Gasteiger charge is -2.11. The van der Waals surface area contributed by atoms with Crippen LogP contribution in [0, 0.1) is 6.92 Å². The zero-order valence-electron chi connectivity index (χ0n) is 10.1. The molecule has 1 aromatic carbocycles. The summed E-state index contributed by atoms with van der Waals surface area (Å²) in [5.74, 6) is -0.407. The van der Waals surface area contributed by atoms with Gasteiger partial charge in [-0.2, -0.15) is 0 Å². The molecule has 1 heterocycles. The Labute approximate surface area is 110 Å². The van der Waals surface area contributed by atoms with Crippen molar-refractivity contribution in [3.05, 3.63) is 52.8 Å². The fourth-order valence-electron chi connectivity index (χ4n) is 1.84. The van der Waals surface area contributed by atoms with Crippen LogP contribution >= 0.6 is 11.6 Å². The third-order valence-electron chi connectivity index (χ3n) is 2.64. The van der Waals surface area contributed by atoms with E-state index in [1.807, 2.05) is 30.3 Å². The van der Waals surface area contributed by atoms with E-state index in [1.54, 1.807) is 13.0 Å². The van der Waals surface area contributed by atoms with Crippen molar-refractivity contribution in [1.29, 1.82) is 0 Å². The number of methoxy groups -OCH3 is 1. The first-order valence-electron chi connectivity index (χ1n) is 5.44. The predicted molar refractivity (Wildman–Crippen MR) is 70.8 cm³/mol. The monoisotopic (exact) mass is 261 g/mol. The Morgan fingerprint density at radius 3 is 2.56 bits per heavy atom. The second kappa shape index (κ2) is 5.19. The van der Waals surface area contributed by atoms with Gasteiger partial charge in [0.25, 0.3) is 0 Å². The van der Waals surface area contributed by atoms with Crippen LogP contribution in [-0.4, -0.2) is 18.1 Å². The zero-order chi connectivity index (χ0) is 13.1. The Hall–Kier alpha value is -1.87. The quantitative estimate of drug-likeness (QED) is 0.614. The Bertz CT molecular complexity index is 582. The van der Waals surface area contributed by atoms with Crippen molar-refractivity contribution < 1.29 is 9.53 Å². The van der Waals surface area contributed by atoms with Crippen LogP contribution < -0.4 is 0 Å². The molecule has 0 saturated carbocycles. The van der Waals surface area contributed by atoms with Crippen molar-refractivity contribution in [2.24, 2.45) is 0 Å². The molecule has 0 atom stereocenters. The highest BCUT2D eigenvalue weighted by atomic mass is 35.5. The van der Waals surface area contributed by atoms with E-state index in [2.05, 4.69) is 4.98 Å². The summed E-state index contributed by atoms with van der Waals surface area (Å²) in [7, 11) is 1.35. The number of ether oxygens (including phenoxy) is 1. The molecule has 2 aromatic rings. The standard InChI is InChI=1S/C14H12ClNO2/c1-9-13(14(17)18-2)11(8-12(15)16-9)10-6-4-3-5-7-10/h3-8H,1-2H3. The highest BCUT2D eigenvalue weighted by Gasteiger charge is 2.18. The van der Waals surface area contributed by atoms with Gasteiger partial charge in [-0.25, -0.2) is 9.78 Å². The summed E-state index contributed by atoms with van der Waals surface area (Å²) in [6.07, 6.45) is 0. The Morgan fingerprint density at radius 1 is 1.28 bits per heavy atom. The number of carbonyl (C=O) groups is 1. The maximum absolute atomic E-state index is 11.8. The molecular formula is C14H12ClNO2. The van der Waals surface area contributed by atoms with E-state index in [1.165, 1.54) is 7.11 Å². The van der Waals surface area contributed by atoms with Gasteiger partial charge in [0, 0.05) is 5.56 Å². The number of rotatable bonds is 2. The van der Waals surface area contributed by atoms with Crippen molar-refractivity contribution in [2.45, 2.75) is 6.92 Å². The molecule has 0 bridgehead atoms. The van der Waals surface area contributed by atoms with Crippen LogP contribution in [0.1, 0.15) is 16.1 Å². The summed E-state index contributed by atoms with van der Waals surface area (Å²) < 4.78 is 4.80. The first kappa shape index (κ1) is 12.6. The van der Waals surface area contributed by atoms with Crippen LogP contribution in [0.5, 0.6) is 0 Å². The van der Waals surface area contributed by atoms with Crippen LogP contribution in [0.3, 0.4) is 0 Å². The van der Waals surface area contributed by atoms with Crippen molar-refractivity contribution in [1.82, 2.24) is 4.98 Å². The first-order valence-corrected chi connectivity index (χ1v) is 5.82. The Balaban J connectivity index is 2.69. The number of hydrogen-bond acceptors (Lipinski definition) is 3. The highest BCUT2D eigenvalue weighted by Crippen LogP contribution is 2.28. The molecule has 0 saturated heterocycles. The van der Waals surface area contributed by atoms with E-state index in [4.69, 9.17) is 16.3 Å². The molecule has 4 heteroatoms. The number of pyridine rings is 1. The third-order valence-corrected chi connectivity index (χ3v) is 2.84. The number of aryl methyl sites for hydroxylation is 1. The lowest BCUT2D eigenvalue weighted by molar-refractivity contribution is 0.0600. The predicted octanol–water partition coefficient (Wildman–Crippen LogP) is 3.50. The molecule has 0 unspecified atom stereocenters. The first-order chi connectivity index (χ1) is 8.63. The molecule has 3 nitrogen and oxygen atoms in total. The lowest BCUT2D eigenvalue weighted by Crippen LogP contribution is -2.08. The Kier molecular flexibility index (Phi) is 3.63. The van der Waals surface area contributed by atoms with E-state index >= 15 is 0 Å². The molecular weight excluding hydrogens is 250 g/mol. The molecule has 0 spiro atoms. The molecule has 2 rings (SSSR count). The van der Waals surface area contributed by atoms with Crippen LogP contribution in [0.15, 0.2) is 36.4 Å². The van der Waals surface area contributed by atoms with Gasteiger partial charge in [0.15, 0.2) is 0 Å². The smallest absolute Gasteiger partial charge is 0.340 e. The minimum atomic E-state index is -0.407. The molecule has 0 radical (unpaired) electrons. The summed E-state index contributed by atoms with van der Waals surface area (Å²) in [5.41, 5.74) is 2.66. The highest BCUT2D eigenvalue weighted by molar-refractivity contribution is 6.30. The second-order valence-electron chi connectivity index (χ2n) is 3.81. The van der Waals surface area contributed by atoms with E-state index in [0.29, 0.717) is 16.4 Å². The summed E-state index contributed by atoms with van der Waals surface area (Å²) in [6, 6.07) is 11.2. The van der Waals surface area contributed by atoms with E-state index in [0.717, 1.165) is 11.1 Å². The van der Waals surface area contributed by atoms with Gasteiger partial charge in [-0.15, -0.1) is 0 Å². The van der Waals surface area contributed by atoms with Gasteiger partial charge in [-0.05, 0) is 18.6 Å². The topological polar surface area (TPSA) is 39.2 Å². The number of aromatic nitrogens is 1. The molecule has 0 aliphatic heterocycles. The molecule has 0 N–H and O–H groups in total. The van der Waals surface area contributed by atoms with Crippen molar-refractivity contribution in [2.75, 3.05) is 7.11 Å². The van der Waals surface area contributed by atoms with Crippen LogP contribution in [0.25, 0.3) is 11.1 Å². The minimum Gasteiger partial charge on any atom is -0.465 e. The third kappa shape index (κ3) is 2.36. The lowest BCUT2D eigenvalue weighted by atomic mass is 9.99. The zero-order valence-corrected chi connectivity index (χ0v) is 10.9. The average Bonchev–Trinajstić information content (AvgIpc) is 2.38. The van der Waals surface area contributed by atoms with E-state index in [9.17, 15) is 4.79 Å². The summed E-state index contributed by atoms with van der Waals surface area (Å²) >= 11 is 5.96. The largest absolute Gasteiger partial charge is 0.465 e. The van der Waals surface area contributed by atoms with Gasteiger partial charge >= 0.3 is 5.97 Å². The van der Waals surface area contributed by atoms with Gasteiger partial charge in [0.1, 0.15) is 5.15 Å². The maximum Gasteiger partial charge on any atom is 0.340 e. The number of esters is 1. The van der Waals surface area contributed by atoms with Gasteiger partial charge in [0.05, 0.1) is 18.4 Å². The number of halogens is 1. The number of hydrogen-bond donors (Lipinski definition) is 0.